The average Bonchev–Trinajstić information content (AvgIpc) is 0.918. The maximum Gasteiger partial charge on any atom is 0 e. The zero-order valence-electron chi connectivity index (χ0n) is 3.01. The molecule has 26 valence electrons. The molecule has 4 heteroatoms. The zero-order valence-corrected chi connectivity index (χ0v) is 7.24. The minimum absolute atomic E-state index is 0. The van der Waals surface area contributed by atoms with Gasteiger partial charge in [-0.1, -0.05) is 0 Å². The molecular weight excluding hydrogens is 135 g/mol. The fourth-order valence-corrected chi connectivity index (χ4v) is 0. The van der Waals surface area contributed by atoms with Crippen LogP contribution in [0.2, 0.25) is 0 Å². The summed E-state index contributed by atoms with van der Waals surface area (Å²) >= 11 is 0.410. The topological polar surface area (TPSA) is 58.8 Å². The van der Waals surface area contributed by atoms with Gasteiger partial charge in [0, 0.05) is 17.1 Å². The third kappa shape index (κ3) is 28.3. The second-order valence-corrected chi connectivity index (χ2v) is 0.922. The first-order valence-electron chi connectivity index (χ1n) is 0.724. The number of rotatable bonds is 0. The molecule has 2 nitrogen and oxygen atoms in total. The molecule has 0 amide bonds. The molecule has 0 aromatic heterocycles. The number of nitrogens with zero attached hydrogens (tertiary/aromatic N) is 1. The molecule has 0 atom stereocenters. The molecule has 0 saturated carbocycles. The molecule has 0 rings (SSSR count). The predicted octanol–water partition coefficient (Wildman–Crippen LogP) is -0.205. The molecule has 0 aliphatic heterocycles. The monoisotopic (exact) mass is 138 g/mol. The Labute approximate surface area is 75.9 Å². The van der Waals surface area contributed by atoms with E-state index >= 15 is 0 Å². The van der Waals surface area contributed by atoms with E-state index in [0.717, 1.165) is 0 Å². The van der Waals surface area contributed by atoms with Crippen LogP contribution in [0.15, 0.2) is 0 Å². The van der Waals surface area contributed by atoms with Crippen molar-refractivity contribution in [3.63, 3.8) is 0 Å². The molecule has 0 heterocycles. The standard InChI is InChI=1S/CN.Fe.K.H3N/c1-2;;;/h;;;1H3. The van der Waals surface area contributed by atoms with Crippen molar-refractivity contribution in [2.75, 3.05) is 0 Å². The largest absolute Gasteiger partial charge is 0 e. The van der Waals surface area contributed by atoms with Crippen molar-refractivity contribution in [1.82, 2.24) is 6.15 Å². The first-order chi connectivity index (χ1) is 1.41. The van der Waals surface area contributed by atoms with Crippen LogP contribution in [0.5, 0.6) is 0 Å². The summed E-state index contributed by atoms with van der Waals surface area (Å²) < 4.78 is 1.94. The number of nitriles is 1. The van der Waals surface area contributed by atoms with Crippen LogP contribution in [-0.2, 0) is 17.1 Å². The SMILES string of the molecule is N.N#[C][K].[Fe]. The summed E-state index contributed by atoms with van der Waals surface area (Å²) in [4.78, 5) is 0. The van der Waals surface area contributed by atoms with E-state index in [-0.39, 0.29) is 23.2 Å². The van der Waals surface area contributed by atoms with Crippen molar-refractivity contribution in [2.45, 2.75) is 0 Å². The van der Waals surface area contributed by atoms with Gasteiger partial charge in [0.25, 0.3) is 0 Å². The summed E-state index contributed by atoms with van der Waals surface area (Å²) in [6.45, 7) is 0. The van der Waals surface area contributed by atoms with Crippen molar-refractivity contribution in [3.8, 4) is 0.164 Å². The summed E-state index contributed by atoms with van der Waals surface area (Å²) in [5.74, 6) is 0. The van der Waals surface area contributed by atoms with Gasteiger partial charge in [0.1, 0.15) is 0 Å². The Morgan fingerprint density at radius 1 is 1.60 bits per heavy atom. The fourth-order valence-electron chi connectivity index (χ4n) is 0. The quantitative estimate of drug-likeness (QED) is 0.471. The summed E-state index contributed by atoms with van der Waals surface area (Å²) in [5.41, 5.74) is 0. The summed E-state index contributed by atoms with van der Waals surface area (Å²) in [5, 5.41) is 7.40. The van der Waals surface area contributed by atoms with E-state index < -0.39 is 0 Å². The van der Waals surface area contributed by atoms with Gasteiger partial charge < -0.3 is 6.15 Å². The van der Waals surface area contributed by atoms with Gasteiger partial charge in [0.2, 0.25) is 0 Å². The Bertz CT molecular complexity index is 31.1. The van der Waals surface area contributed by atoms with E-state index in [1.807, 2.05) is 0.164 Å². The van der Waals surface area contributed by atoms with Crippen molar-refractivity contribution < 1.29 is 17.1 Å². The molecule has 3 N–H and O–H groups in total. The van der Waals surface area contributed by atoms with Gasteiger partial charge in [-0.25, -0.2) is 0 Å². The summed E-state index contributed by atoms with van der Waals surface area (Å²) in [7, 11) is 0. The first-order valence-corrected chi connectivity index (χ1v) is 2.29. The van der Waals surface area contributed by atoms with E-state index in [1.165, 1.54) is 0 Å². The van der Waals surface area contributed by atoms with Gasteiger partial charge in [-0.2, -0.15) is 0 Å². The fraction of sp³-hybridized carbons (Fsp3) is 0. The second-order valence-electron chi connectivity index (χ2n) is 0.224. The van der Waals surface area contributed by atoms with Crippen LogP contribution in [0.1, 0.15) is 0 Å². The molecule has 0 unspecified atom stereocenters. The molecule has 0 fully saturated rings. The predicted molar refractivity (Wildman–Crippen MR) is 16.4 cm³/mol. The second kappa shape index (κ2) is 17.5. The normalized spacial score (nSPS) is 1.80. The van der Waals surface area contributed by atoms with Gasteiger partial charge in [-0.15, -0.1) is 0 Å². The third-order valence-corrected chi connectivity index (χ3v) is 0. The van der Waals surface area contributed by atoms with Crippen LogP contribution in [0.25, 0.3) is 0 Å². The van der Waals surface area contributed by atoms with Crippen molar-refractivity contribution in [1.29, 1.82) is 5.26 Å². The van der Waals surface area contributed by atoms with Gasteiger partial charge in [-0.05, 0) is 0 Å². The maximum absolute atomic E-state index is 7.40. The van der Waals surface area contributed by atoms with Crippen molar-refractivity contribution in [3.05, 3.63) is 0 Å². The van der Waals surface area contributed by atoms with Crippen molar-refractivity contribution in [2.24, 2.45) is 0 Å². The van der Waals surface area contributed by atoms with E-state index in [2.05, 4.69) is 0 Å². The van der Waals surface area contributed by atoms with Crippen LogP contribution >= 0.6 is 0 Å². The molecular formula is CH3FeKN2. The molecule has 0 aromatic carbocycles. The molecule has 0 saturated heterocycles. The van der Waals surface area contributed by atoms with E-state index in [9.17, 15) is 0 Å². The maximum atomic E-state index is 7.40. The van der Waals surface area contributed by atoms with Gasteiger partial charge >= 0.3 is 54.4 Å². The molecule has 0 radical (unpaired) electrons. The van der Waals surface area contributed by atoms with E-state index in [1.54, 1.807) is 0 Å². The Morgan fingerprint density at radius 3 is 1.60 bits per heavy atom. The molecule has 0 aromatic rings. The Kier molecular flexibility index (Phi) is 55.9. The van der Waals surface area contributed by atoms with E-state index in [0.29, 0.717) is 49.0 Å². The van der Waals surface area contributed by atoms with Crippen molar-refractivity contribution >= 4 is 49.0 Å². The van der Waals surface area contributed by atoms with Gasteiger partial charge in [0.05, 0.1) is 0 Å². The van der Waals surface area contributed by atoms with Crippen LogP contribution in [-0.4, -0.2) is 49.0 Å². The van der Waals surface area contributed by atoms with Gasteiger partial charge in [0.15, 0.2) is 0 Å². The van der Waals surface area contributed by atoms with Gasteiger partial charge in [-0.3, -0.25) is 0 Å². The smallest absolute Gasteiger partial charge is 0 e. The van der Waals surface area contributed by atoms with E-state index in [4.69, 9.17) is 5.26 Å². The molecule has 0 spiro atoms. The third-order valence-electron chi connectivity index (χ3n) is 0. The Morgan fingerprint density at radius 2 is 1.60 bits per heavy atom. The summed E-state index contributed by atoms with van der Waals surface area (Å²) in [6.07, 6.45) is 0. The molecule has 0 aliphatic rings. The Hall–Kier alpha value is 1.61. The van der Waals surface area contributed by atoms with Crippen LogP contribution in [0, 0.1) is 5.43 Å². The number of hydrogen-bond donors (Lipinski definition) is 1. The van der Waals surface area contributed by atoms with Crippen LogP contribution < -0.4 is 6.15 Å². The minimum atomic E-state index is 0. The molecule has 0 bridgehead atoms. The minimum Gasteiger partial charge on any atom is 0 e. The van der Waals surface area contributed by atoms with Crippen LogP contribution in [0.3, 0.4) is 0 Å². The molecule has 5 heavy (non-hydrogen) atoms. The Balaban J connectivity index is -0.0000000200. The summed E-state index contributed by atoms with van der Waals surface area (Å²) in [6, 6.07) is 0. The average molecular weight is 138 g/mol. The number of hydrogen-bond acceptors (Lipinski definition) is 2. The van der Waals surface area contributed by atoms with Crippen LogP contribution in [0.4, 0.5) is 0 Å². The molecule has 0 aliphatic carbocycles. The first kappa shape index (κ1) is 16.0. The zero-order chi connectivity index (χ0) is 2.71.